The number of halogens is 1. The van der Waals surface area contributed by atoms with Gasteiger partial charge in [0, 0.05) is 24.7 Å². The van der Waals surface area contributed by atoms with Gasteiger partial charge in [-0.05, 0) is 23.3 Å². The zero-order valence-electron chi connectivity index (χ0n) is 11.5. The van der Waals surface area contributed by atoms with Crippen molar-refractivity contribution in [1.29, 1.82) is 0 Å². The van der Waals surface area contributed by atoms with Gasteiger partial charge in [-0.15, -0.1) is 0 Å². The molecule has 0 aliphatic rings. The first-order chi connectivity index (χ1) is 10.1. The Labute approximate surface area is 127 Å². The highest BCUT2D eigenvalue weighted by molar-refractivity contribution is 6.30. The first kappa shape index (κ1) is 15.3. The Morgan fingerprint density at radius 3 is 2.48 bits per heavy atom. The fourth-order valence-electron chi connectivity index (χ4n) is 1.92. The molecule has 0 bridgehead atoms. The van der Waals surface area contributed by atoms with E-state index in [1.807, 2.05) is 24.3 Å². The lowest BCUT2D eigenvalue weighted by atomic mass is 10.1. The molecule has 2 aromatic rings. The second-order valence-electron chi connectivity index (χ2n) is 4.52. The van der Waals surface area contributed by atoms with Crippen LogP contribution in [0.2, 0.25) is 5.02 Å². The smallest absolute Gasteiger partial charge is 0.293 e. The SMILES string of the molecule is COCc1ccc(CNc2ccc(Cl)cc2[N+](=O)[O-])cc1. The number of rotatable bonds is 6. The molecular formula is C15H15ClN2O3. The summed E-state index contributed by atoms with van der Waals surface area (Å²) in [5.41, 5.74) is 2.53. The molecule has 2 rings (SSSR count). The third-order valence-corrected chi connectivity index (χ3v) is 3.21. The summed E-state index contributed by atoms with van der Waals surface area (Å²) in [5, 5.41) is 14.4. The van der Waals surface area contributed by atoms with Crippen LogP contribution in [-0.4, -0.2) is 12.0 Å². The molecule has 0 spiro atoms. The van der Waals surface area contributed by atoms with E-state index in [1.54, 1.807) is 19.2 Å². The number of methoxy groups -OCH3 is 1. The van der Waals surface area contributed by atoms with Gasteiger partial charge in [-0.2, -0.15) is 0 Å². The summed E-state index contributed by atoms with van der Waals surface area (Å²) in [6.45, 7) is 1.06. The number of hydrogen-bond acceptors (Lipinski definition) is 4. The van der Waals surface area contributed by atoms with Crippen molar-refractivity contribution in [3.05, 3.63) is 68.7 Å². The number of nitrogens with one attached hydrogen (secondary N) is 1. The van der Waals surface area contributed by atoms with E-state index in [2.05, 4.69) is 5.32 Å². The van der Waals surface area contributed by atoms with Crippen molar-refractivity contribution < 1.29 is 9.66 Å². The van der Waals surface area contributed by atoms with Crippen molar-refractivity contribution in [3.8, 4) is 0 Å². The lowest BCUT2D eigenvalue weighted by Gasteiger charge is -2.08. The molecule has 0 heterocycles. The molecule has 0 aliphatic carbocycles. The summed E-state index contributed by atoms with van der Waals surface area (Å²) >= 11 is 5.78. The van der Waals surface area contributed by atoms with Crippen LogP contribution in [-0.2, 0) is 17.9 Å². The zero-order valence-corrected chi connectivity index (χ0v) is 12.3. The second-order valence-corrected chi connectivity index (χ2v) is 4.96. The van der Waals surface area contributed by atoms with Crippen LogP contribution in [0.1, 0.15) is 11.1 Å². The fourth-order valence-corrected chi connectivity index (χ4v) is 2.09. The van der Waals surface area contributed by atoms with Gasteiger partial charge >= 0.3 is 0 Å². The predicted octanol–water partition coefficient (Wildman–Crippen LogP) is 4.01. The topological polar surface area (TPSA) is 64.4 Å². The molecule has 0 unspecified atom stereocenters. The van der Waals surface area contributed by atoms with E-state index < -0.39 is 4.92 Å². The van der Waals surface area contributed by atoms with Crippen LogP contribution in [0.5, 0.6) is 0 Å². The molecule has 0 saturated carbocycles. The van der Waals surface area contributed by atoms with Crippen molar-refractivity contribution in [3.63, 3.8) is 0 Å². The number of ether oxygens (including phenoxy) is 1. The number of nitrogens with zero attached hydrogens (tertiary/aromatic N) is 1. The monoisotopic (exact) mass is 306 g/mol. The van der Waals surface area contributed by atoms with Crippen molar-refractivity contribution in [2.75, 3.05) is 12.4 Å². The largest absolute Gasteiger partial charge is 0.380 e. The summed E-state index contributed by atoms with van der Waals surface area (Å²) in [7, 11) is 1.65. The maximum Gasteiger partial charge on any atom is 0.293 e. The van der Waals surface area contributed by atoms with Gasteiger partial charge in [0.25, 0.3) is 5.69 Å². The van der Waals surface area contributed by atoms with Gasteiger partial charge in [-0.25, -0.2) is 0 Å². The molecule has 0 aromatic heterocycles. The highest BCUT2D eigenvalue weighted by Crippen LogP contribution is 2.28. The molecule has 0 fully saturated rings. The Morgan fingerprint density at radius 1 is 1.19 bits per heavy atom. The van der Waals surface area contributed by atoms with E-state index in [-0.39, 0.29) is 5.69 Å². The van der Waals surface area contributed by atoms with Crippen LogP contribution in [0.3, 0.4) is 0 Å². The minimum absolute atomic E-state index is 0.0292. The first-order valence-corrected chi connectivity index (χ1v) is 6.72. The molecule has 1 N–H and O–H groups in total. The summed E-state index contributed by atoms with van der Waals surface area (Å²) in [4.78, 5) is 10.5. The molecule has 21 heavy (non-hydrogen) atoms. The molecule has 0 saturated heterocycles. The average molecular weight is 307 g/mol. The highest BCUT2D eigenvalue weighted by Gasteiger charge is 2.13. The predicted molar refractivity (Wildman–Crippen MR) is 82.6 cm³/mol. The number of nitro benzene ring substituents is 1. The Kier molecular flexibility index (Phi) is 5.14. The molecule has 0 aliphatic heterocycles. The molecule has 0 radical (unpaired) electrons. The third kappa shape index (κ3) is 4.18. The highest BCUT2D eigenvalue weighted by atomic mass is 35.5. The Bertz CT molecular complexity index is 629. The molecule has 5 nitrogen and oxygen atoms in total. The van der Waals surface area contributed by atoms with Gasteiger partial charge in [0.2, 0.25) is 0 Å². The molecule has 6 heteroatoms. The lowest BCUT2D eigenvalue weighted by Crippen LogP contribution is -2.02. The quantitative estimate of drug-likeness (QED) is 0.647. The third-order valence-electron chi connectivity index (χ3n) is 2.97. The molecule has 0 amide bonds. The van der Waals surface area contributed by atoms with E-state index in [0.29, 0.717) is 23.9 Å². The van der Waals surface area contributed by atoms with Crippen LogP contribution < -0.4 is 5.32 Å². The van der Waals surface area contributed by atoms with Crippen molar-refractivity contribution in [2.24, 2.45) is 0 Å². The molecule has 110 valence electrons. The number of anilines is 1. The standard InChI is InChI=1S/C15H15ClN2O3/c1-21-10-12-4-2-11(3-5-12)9-17-14-7-6-13(16)8-15(14)18(19)20/h2-8,17H,9-10H2,1H3. The van der Waals surface area contributed by atoms with Gasteiger partial charge in [0.1, 0.15) is 5.69 Å². The lowest BCUT2D eigenvalue weighted by molar-refractivity contribution is -0.383. The maximum atomic E-state index is 11.0. The number of hydrogen-bond donors (Lipinski definition) is 1. The van der Waals surface area contributed by atoms with Gasteiger partial charge in [0.15, 0.2) is 0 Å². The Balaban J connectivity index is 2.07. The van der Waals surface area contributed by atoms with Crippen LogP contribution in [0.4, 0.5) is 11.4 Å². The summed E-state index contributed by atoms with van der Waals surface area (Å²) in [6, 6.07) is 12.4. The van der Waals surface area contributed by atoms with E-state index in [1.165, 1.54) is 6.07 Å². The fraction of sp³-hybridized carbons (Fsp3) is 0.200. The minimum atomic E-state index is -0.449. The molecule has 0 atom stereocenters. The average Bonchev–Trinajstić information content (AvgIpc) is 2.47. The van der Waals surface area contributed by atoms with Gasteiger partial charge in [0.05, 0.1) is 11.5 Å². The van der Waals surface area contributed by atoms with Crippen LogP contribution in [0, 0.1) is 10.1 Å². The van der Waals surface area contributed by atoms with Crippen molar-refractivity contribution in [1.82, 2.24) is 0 Å². The summed E-state index contributed by atoms with van der Waals surface area (Å²) in [6.07, 6.45) is 0. The van der Waals surface area contributed by atoms with Gasteiger partial charge in [-0.3, -0.25) is 10.1 Å². The maximum absolute atomic E-state index is 11.0. The first-order valence-electron chi connectivity index (χ1n) is 6.34. The van der Waals surface area contributed by atoms with Crippen LogP contribution in [0.25, 0.3) is 0 Å². The van der Waals surface area contributed by atoms with Crippen molar-refractivity contribution >= 4 is 23.0 Å². The Hall–Kier alpha value is -2.11. The van der Waals surface area contributed by atoms with E-state index in [0.717, 1.165) is 11.1 Å². The number of benzene rings is 2. The van der Waals surface area contributed by atoms with E-state index in [9.17, 15) is 10.1 Å². The minimum Gasteiger partial charge on any atom is -0.380 e. The Morgan fingerprint density at radius 2 is 1.86 bits per heavy atom. The van der Waals surface area contributed by atoms with E-state index in [4.69, 9.17) is 16.3 Å². The van der Waals surface area contributed by atoms with Crippen molar-refractivity contribution in [2.45, 2.75) is 13.2 Å². The zero-order chi connectivity index (χ0) is 15.2. The van der Waals surface area contributed by atoms with Gasteiger partial charge < -0.3 is 10.1 Å². The normalized spacial score (nSPS) is 10.4. The van der Waals surface area contributed by atoms with Crippen LogP contribution in [0.15, 0.2) is 42.5 Å². The van der Waals surface area contributed by atoms with Crippen LogP contribution >= 0.6 is 11.6 Å². The summed E-state index contributed by atoms with van der Waals surface area (Å²) in [5.74, 6) is 0. The number of nitro groups is 1. The second kappa shape index (κ2) is 7.06. The van der Waals surface area contributed by atoms with Gasteiger partial charge in [-0.1, -0.05) is 35.9 Å². The van der Waals surface area contributed by atoms with E-state index >= 15 is 0 Å². The molecule has 2 aromatic carbocycles. The molecular weight excluding hydrogens is 292 g/mol. The summed E-state index contributed by atoms with van der Waals surface area (Å²) < 4.78 is 5.05.